The molecule has 0 bridgehead atoms. The van der Waals surface area contributed by atoms with E-state index in [-0.39, 0.29) is 4.90 Å². The van der Waals surface area contributed by atoms with Gasteiger partial charge in [0.1, 0.15) is 11.3 Å². The van der Waals surface area contributed by atoms with Gasteiger partial charge in [-0.15, -0.1) is 0 Å². The number of halogens is 1. The average Bonchev–Trinajstić information content (AvgIpc) is 3.17. The Balaban J connectivity index is 1.37. The van der Waals surface area contributed by atoms with Crippen molar-refractivity contribution in [3.8, 4) is 5.69 Å². The summed E-state index contributed by atoms with van der Waals surface area (Å²) in [7, 11) is -3.57. The summed E-state index contributed by atoms with van der Waals surface area (Å²) in [5.41, 5.74) is 3.85. The summed E-state index contributed by atoms with van der Waals surface area (Å²) in [6, 6.07) is 18.6. The van der Waals surface area contributed by atoms with Crippen LogP contribution in [0.15, 0.2) is 71.8 Å². The Morgan fingerprint density at radius 1 is 0.970 bits per heavy atom. The van der Waals surface area contributed by atoms with Crippen LogP contribution in [-0.2, 0) is 16.6 Å². The lowest BCUT2D eigenvalue weighted by Crippen LogP contribution is -2.48. The maximum atomic E-state index is 13.0. The van der Waals surface area contributed by atoms with Crippen LogP contribution in [-0.4, -0.2) is 58.3 Å². The molecule has 0 atom stereocenters. The number of fused-ring (bicyclic) bond motifs is 1. The first-order valence-electron chi connectivity index (χ1n) is 10.8. The highest BCUT2D eigenvalue weighted by atomic mass is 35.5. The number of rotatable bonds is 5. The molecule has 0 saturated carbocycles. The van der Waals surface area contributed by atoms with E-state index in [1.165, 1.54) is 10.4 Å². The highest BCUT2D eigenvalue weighted by Crippen LogP contribution is 2.24. The Morgan fingerprint density at radius 3 is 2.52 bits per heavy atom. The van der Waals surface area contributed by atoms with E-state index in [1.54, 1.807) is 24.4 Å². The monoisotopic (exact) mass is 481 g/mol. The third kappa shape index (κ3) is 4.39. The number of hydrogen-bond acceptors (Lipinski definition) is 5. The van der Waals surface area contributed by atoms with Gasteiger partial charge >= 0.3 is 0 Å². The third-order valence-corrected chi connectivity index (χ3v) is 8.01. The van der Waals surface area contributed by atoms with Crippen molar-refractivity contribution in [1.29, 1.82) is 0 Å². The number of benzene rings is 2. The Labute approximate surface area is 198 Å². The molecule has 1 saturated heterocycles. The molecule has 2 aromatic heterocycles. The van der Waals surface area contributed by atoms with Gasteiger partial charge in [0.15, 0.2) is 5.65 Å². The second-order valence-corrected chi connectivity index (χ2v) is 10.6. The van der Waals surface area contributed by atoms with Crippen molar-refractivity contribution in [3.05, 3.63) is 83.3 Å². The number of piperazine rings is 1. The zero-order valence-corrected chi connectivity index (χ0v) is 19.8. The molecule has 7 nitrogen and oxygen atoms in total. The van der Waals surface area contributed by atoms with E-state index in [0.717, 1.165) is 28.2 Å². The summed E-state index contributed by atoms with van der Waals surface area (Å²) >= 11 is 6.01. The Bertz CT molecular complexity index is 1410. The minimum absolute atomic E-state index is 0.232. The van der Waals surface area contributed by atoms with E-state index in [9.17, 15) is 8.42 Å². The number of nitrogens with zero attached hydrogens (tertiary/aromatic N) is 5. The molecule has 0 N–H and O–H groups in total. The first kappa shape index (κ1) is 22.0. The lowest BCUT2D eigenvalue weighted by molar-refractivity contribution is 0.177. The Morgan fingerprint density at radius 2 is 1.76 bits per heavy atom. The number of aryl methyl sites for hydroxylation is 1. The molecule has 2 aromatic carbocycles. The summed E-state index contributed by atoms with van der Waals surface area (Å²) < 4.78 is 29.7. The van der Waals surface area contributed by atoms with E-state index in [2.05, 4.69) is 39.6 Å². The van der Waals surface area contributed by atoms with E-state index >= 15 is 0 Å². The molecular weight excluding hydrogens is 458 g/mol. The van der Waals surface area contributed by atoms with Crippen LogP contribution in [0.2, 0.25) is 5.02 Å². The van der Waals surface area contributed by atoms with Crippen LogP contribution in [0.3, 0.4) is 0 Å². The fourth-order valence-corrected chi connectivity index (χ4v) is 5.93. The van der Waals surface area contributed by atoms with Crippen molar-refractivity contribution in [2.75, 3.05) is 26.2 Å². The molecule has 0 radical (unpaired) electrons. The normalized spacial score (nSPS) is 15.8. The zero-order valence-electron chi connectivity index (χ0n) is 18.2. The number of hydrogen-bond donors (Lipinski definition) is 0. The predicted molar refractivity (Wildman–Crippen MR) is 129 cm³/mol. The fourth-order valence-electron chi connectivity index (χ4n) is 4.21. The minimum atomic E-state index is -3.57. The van der Waals surface area contributed by atoms with Gasteiger partial charge in [-0.3, -0.25) is 9.47 Å². The molecular formula is C24H24ClN5O2S. The van der Waals surface area contributed by atoms with Crippen LogP contribution in [0.1, 0.15) is 11.4 Å². The average molecular weight is 482 g/mol. The summed E-state index contributed by atoms with van der Waals surface area (Å²) in [5.74, 6) is 0.889. The van der Waals surface area contributed by atoms with Crippen molar-refractivity contribution < 1.29 is 8.42 Å². The molecule has 9 heteroatoms. The van der Waals surface area contributed by atoms with E-state index in [1.807, 2.05) is 18.2 Å². The van der Waals surface area contributed by atoms with E-state index in [4.69, 9.17) is 16.6 Å². The van der Waals surface area contributed by atoms with Gasteiger partial charge in [0, 0.05) is 43.1 Å². The molecule has 1 aliphatic rings. The molecule has 0 aliphatic carbocycles. The molecule has 5 rings (SSSR count). The lowest BCUT2D eigenvalue weighted by atomic mass is 10.2. The minimum Gasteiger partial charge on any atom is -0.293 e. The summed E-state index contributed by atoms with van der Waals surface area (Å²) in [6.45, 7) is 4.73. The quantitative estimate of drug-likeness (QED) is 0.432. The molecule has 3 heterocycles. The first-order valence-corrected chi connectivity index (χ1v) is 12.6. The van der Waals surface area contributed by atoms with E-state index < -0.39 is 10.0 Å². The van der Waals surface area contributed by atoms with Crippen molar-refractivity contribution in [2.45, 2.75) is 18.4 Å². The second kappa shape index (κ2) is 8.87. The second-order valence-electron chi connectivity index (χ2n) is 8.19. The molecule has 0 spiro atoms. The van der Waals surface area contributed by atoms with Gasteiger partial charge in [-0.1, -0.05) is 29.8 Å². The summed E-state index contributed by atoms with van der Waals surface area (Å²) in [5, 5.41) is 0.415. The van der Waals surface area contributed by atoms with Crippen molar-refractivity contribution in [3.63, 3.8) is 0 Å². The molecule has 1 aliphatic heterocycles. The van der Waals surface area contributed by atoms with Gasteiger partial charge in [0.05, 0.1) is 11.4 Å². The fraction of sp³-hybridized carbons (Fsp3) is 0.250. The van der Waals surface area contributed by atoms with Crippen LogP contribution < -0.4 is 0 Å². The van der Waals surface area contributed by atoms with Crippen molar-refractivity contribution in [1.82, 2.24) is 23.7 Å². The molecule has 0 unspecified atom stereocenters. The van der Waals surface area contributed by atoms with Crippen LogP contribution in [0.5, 0.6) is 0 Å². The number of sulfonamides is 1. The maximum Gasteiger partial charge on any atom is 0.243 e. The molecule has 1 fully saturated rings. The first-order chi connectivity index (χ1) is 15.9. The van der Waals surface area contributed by atoms with Gasteiger partial charge < -0.3 is 0 Å². The molecule has 33 heavy (non-hydrogen) atoms. The van der Waals surface area contributed by atoms with Gasteiger partial charge in [-0.05, 0) is 55.0 Å². The number of pyridine rings is 1. The van der Waals surface area contributed by atoms with Crippen LogP contribution >= 0.6 is 11.6 Å². The van der Waals surface area contributed by atoms with Crippen LogP contribution in [0.4, 0.5) is 0 Å². The predicted octanol–water partition coefficient (Wildman–Crippen LogP) is 3.89. The molecule has 170 valence electrons. The summed E-state index contributed by atoms with van der Waals surface area (Å²) in [4.78, 5) is 11.9. The van der Waals surface area contributed by atoms with Crippen molar-refractivity contribution in [2.24, 2.45) is 0 Å². The standard InChI is InChI=1S/C24H24ClN5O2S/c1-18-5-2-7-20(15-18)30-23(27-22-9-4-10-26-24(22)30)17-28-11-13-29(14-12-28)33(31,32)21-8-3-6-19(25)16-21/h2-10,15-16H,11-14,17H2,1H3. The van der Waals surface area contributed by atoms with Crippen molar-refractivity contribution >= 4 is 32.8 Å². The third-order valence-electron chi connectivity index (χ3n) is 5.88. The zero-order chi connectivity index (χ0) is 23.0. The smallest absolute Gasteiger partial charge is 0.243 e. The van der Waals surface area contributed by atoms with Gasteiger partial charge in [-0.25, -0.2) is 18.4 Å². The molecule has 4 aromatic rings. The van der Waals surface area contributed by atoms with Crippen LogP contribution in [0.25, 0.3) is 16.9 Å². The van der Waals surface area contributed by atoms with Gasteiger partial charge in [-0.2, -0.15) is 4.31 Å². The summed E-state index contributed by atoms with van der Waals surface area (Å²) in [6.07, 6.45) is 1.78. The highest BCUT2D eigenvalue weighted by Gasteiger charge is 2.29. The maximum absolute atomic E-state index is 13.0. The lowest BCUT2D eigenvalue weighted by Gasteiger charge is -2.33. The topological polar surface area (TPSA) is 71.3 Å². The van der Waals surface area contributed by atoms with Gasteiger partial charge in [0.2, 0.25) is 10.0 Å². The number of imidazole rings is 1. The Kier molecular flexibility index (Phi) is 5.92. The SMILES string of the molecule is Cc1cccc(-n2c(CN3CCN(S(=O)(=O)c4cccc(Cl)c4)CC3)nc3cccnc32)c1. The van der Waals surface area contributed by atoms with Gasteiger partial charge in [0.25, 0.3) is 0 Å². The molecule has 0 amide bonds. The highest BCUT2D eigenvalue weighted by molar-refractivity contribution is 7.89. The number of aromatic nitrogens is 3. The Hall–Kier alpha value is -2.78. The largest absolute Gasteiger partial charge is 0.293 e. The van der Waals surface area contributed by atoms with E-state index in [0.29, 0.717) is 37.7 Å². The van der Waals surface area contributed by atoms with Crippen LogP contribution in [0, 0.1) is 6.92 Å².